The zero-order valence-electron chi connectivity index (χ0n) is 21.5. The van der Waals surface area contributed by atoms with Gasteiger partial charge in [-0.3, -0.25) is 19.3 Å². The molecule has 3 aromatic carbocycles. The van der Waals surface area contributed by atoms with Crippen molar-refractivity contribution in [1.29, 1.82) is 0 Å². The number of carbonyl (C=O) groups excluding carboxylic acids is 3. The second-order valence-electron chi connectivity index (χ2n) is 8.76. The van der Waals surface area contributed by atoms with Gasteiger partial charge in [-0.15, -0.1) is 0 Å². The van der Waals surface area contributed by atoms with Gasteiger partial charge < -0.3 is 14.8 Å². The molecular formula is C29H26BrFN2O5S. The number of nitrogens with one attached hydrogen (secondary N) is 1. The van der Waals surface area contributed by atoms with Crippen LogP contribution < -0.4 is 14.8 Å². The highest BCUT2D eigenvalue weighted by molar-refractivity contribution is 9.10. The standard InChI is InChI=1S/C29H26BrFN2O5S/c1-4-37-24-13-19(12-22(30)27(24)38-16-20-7-5-6-8-23(20)31)14-25-28(35)33(29(36)39-25)15-26(34)32-21-10-9-17(2)18(3)11-21/h5-14H,4,15-16H2,1-3H3,(H,32,34)/b25-14+. The number of hydrogen-bond acceptors (Lipinski definition) is 6. The molecule has 0 spiro atoms. The summed E-state index contributed by atoms with van der Waals surface area (Å²) < 4.78 is 26.2. The SMILES string of the molecule is CCOc1cc(/C=C2/SC(=O)N(CC(=O)Nc3ccc(C)c(C)c3)C2=O)cc(Br)c1OCc1ccccc1F. The van der Waals surface area contributed by atoms with Crippen molar-refractivity contribution in [3.05, 3.63) is 92.0 Å². The molecule has 1 saturated heterocycles. The highest BCUT2D eigenvalue weighted by Gasteiger charge is 2.36. The van der Waals surface area contributed by atoms with E-state index in [1.54, 1.807) is 42.5 Å². The number of halogens is 2. The lowest BCUT2D eigenvalue weighted by Gasteiger charge is -2.15. The number of imide groups is 1. The van der Waals surface area contributed by atoms with Crippen LogP contribution in [0.15, 0.2) is 64.0 Å². The van der Waals surface area contributed by atoms with Gasteiger partial charge in [0.1, 0.15) is 19.0 Å². The molecule has 3 amide bonds. The fourth-order valence-electron chi connectivity index (χ4n) is 3.79. The van der Waals surface area contributed by atoms with E-state index < -0.39 is 23.6 Å². The van der Waals surface area contributed by atoms with Crippen LogP contribution >= 0.6 is 27.7 Å². The Morgan fingerprint density at radius 1 is 1.08 bits per heavy atom. The van der Waals surface area contributed by atoms with Gasteiger partial charge in [0.05, 0.1) is 16.0 Å². The number of benzene rings is 3. The molecule has 202 valence electrons. The van der Waals surface area contributed by atoms with E-state index in [1.165, 1.54) is 6.07 Å². The maximum absolute atomic E-state index is 14.0. The monoisotopic (exact) mass is 612 g/mol. The van der Waals surface area contributed by atoms with Crippen molar-refractivity contribution in [1.82, 2.24) is 4.90 Å². The van der Waals surface area contributed by atoms with Crippen LogP contribution in [0, 0.1) is 19.7 Å². The van der Waals surface area contributed by atoms with Crippen molar-refractivity contribution in [2.24, 2.45) is 0 Å². The Bertz CT molecular complexity index is 1480. The molecule has 1 N–H and O–H groups in total. The number of nitrogens with zero attached hydrogens (tertiary/aromatic N) is 1. The smallest absolute Gasteiger partial charge is 0.294 e. The first-order valence-electron chi connectivity index (χ1n) is 12.1. The minimum atomic E-state index is -0.561. The third kappa shape index (κ3) is 6.88. The van der Waals surface area contributed by atoms with Gasteiger partial charge in [-0.05, 0) is 102 Å². The van der Waals surface area contributed by atoms with Crippen molar-refractivity contribution in [3.8, 4) is 11.5 Å². The third-order valence-electron chi connectivity index (χ3n) is 5.93. The fourth-order valence-corrected chi connectivity index (χ4v) is 5.20. The zero-order chi connectivity index (χ0) is 28.1. The van der Waals surface area contributed by atoms with Crippen LogP contribution in [0.3, 0.4) is 0 Å². The molecule has 1 aliphatic rings. The second kappa shape index (κ2) is 12.5. The second-order valence-corrected chi connectivity index (χ2v) is 10.6. The average Bonchev–Trinajstić information content (AvgIpc) is 3.14. The van der Waals surface area contributed by atoms with E-state index in [4.69, 9.17) is 9.47 Å². The summed E-state index contributed by atoms with van der Waals surface area (Å²) in [5.41, 5.74) is 3.67. The van der Waals surface area contributed by atoms with Crippen LogP contribution in [-0.4, -0.2) is 35.1 Å². The summed E-state index contributed by atoms with van der Waals surface area (Å²) in [6.45, 7) is 5.66. The highest BCUT2D eigenvalue weighted by atomic mass is 79.9. The number of thioether (sulfide) groups is 1. The summed E-state index contributed by atoms with van der Waals surface area (Å²) in [7, 11) is 0. The minimum Gasteiger partial charge on any atom is -0.490 e. The van der Waals surface area contributed by atoms with E-state index in [9.17, 15) is 18.8 Å². The van der Waals surface area contributed by atoms with Crippen LogP contribution in [0.5, 0.6) is 11.5 Å². The summed E-state index contributed by atoms with van der Waals surface area (Å²) >= 11 is 4.23. The van der Waals surface area contributed by atoms with Gasteiger partial charge in [-0.1, -0.05) is 24.3 Å². The molecule has 0 aromatic heterocycles. The topological polar surface area (TPSA) is 84.9 Å². The van der Waals surface area contributed by atoms with Crippen molar-refractivity contribution in [3.63, 3.8) is 0 Å². The molecule has 1 aliphatic heterocycles. The Balaban J connectivity index is 1.49. The Morgan fingerprint density at radius 3 is 2.56 bits per heavy atom. The molecule has 1 heterocycles. The summed E-state index contributed by atoms with van der Waals surface area (Å²) in [4.78, 5) is 39.2. The van der Waals surface area contributed by atoms with E-state index in [1.807, 2.05) is 32.9 Å². The predicted molar refractivity (Wildman–Crippen MR) is 153 cm³/mol. The summed E-state index contributed by atoms with van der Waals surface area (Å²) in [6.07, 6.45) is 1.56. The molecule has 0 aliphatic carbocycles. The van der Waals surface area contributed by atoms with Crippen molar-refractivity contribution in [2.75, 3.05) is 18.5 Å². The van der Waals surface area contributed by atoms with Crippen LogP contribution in [0.4, 0.5) is 14.9 Å². The summed E-state index contributed by atoms with van der Waals surface area (Å²) in [6, 6.07) is 15.2. The number of carbonyl (C=O) groups is 3. The predicted octanol–water partition coefficient (Wildman–Crippen LogP) is 6.86. The molecular weight excluding hydrogens is 587 g/mol. The average molecular weight is 614 g/mol. The van der Waals surface area contributed by atoms with Gasteiger partial charge in [0, 0.05) is 11.3 Å². The Hall–Kier alpha value is -3.63. The molecule has 0 unspecified atom stereocenters. The number of ether oxygens (including phenoxy) is 2. The van der Waals surface area contributed by atoms with E-state index in [0.29, 0.717) is 39.4 Å². The lowest BCUT2D eigenvalue weighted by Crippen LogP contribution is -2.36. The molecule has 39 heavy (non-hydrogen) atoms. The number of anilines is 1. The van der Waals surface area contributed by atoms with Gasteiger partial charge in [0.25, 0.3) is 11.1 Å². The van der Waals surface area contributed by atoms with Gasteiger partial charge in [0.2, 0.25) is 5.91 Å². The first-order valence-corrected chi connectivity index (χ1v) is 13.7. The lowest BCUT2D eigenvalue weighted by molar-refractivity contribution is -0.127. The van der Waals surface area contributed by atoms with Crippen molar-refractivity contribution < 1.29 is 28.2 Å². The normalized spacial score (nSPS) is 14.2. The van der Waals surface area contributed by atoms with Gasteiger partial charge in [0.15, 0.2) is 11.5 Å². The van der Waals surface area contributed by atoms with E-state index in [-0.39, 0.29) is 17.3 Å². The highest BCUT2D eigenvalue weighted by Crippen LogP contribution is 2.40. The molecule has 7 nitrogen and oxygen atoms in total. The molecule has 0 bridgehead atoms. The number of rotatable bonds is 9. The minimum absolute atomic E-state index is 0.00615. The molecule has 0 atom stereocenters. The third-order valence-corrected chi connectivity index (χ3v) is 7.42. The fraction of sp³-hybridized carbons (Fsp3) is 0.207. The summed E-state index contributed by atoms with van der Waals surface area (Å²) in [5, 5.41) is 2.20. The molecule has 0 saturated carbocycles. The van der Waals surface area contributed by atoms with Crippen LogP contribution in [-0.2, 0) is 16.2 Å². The van der Waals surface area contributed by atoms with Crippen LogP contribution in [0.25, 0.3) is 6.08 Å². The van der Waals surface area contributed by atoms with Gasteiger partial charge >= 0.3 is 0 Å². The largest absolute Gasteiger partial charge is 0.490 e. The number of aryl methyl sites for hydroxylation is 2. The van der Waals surface area contributed by atoms with Gasteiger partial charge in [-0.2, -0.15) is 0 Å². The van der Waals surface area contributed by atoms with Crippen LogP contribution in [0.2, 0.25) is 0 Å². The Morgan fingerprint density at radius 2 is 1.85 bits per heavy atom. The first-order chi connectivity index (χ1) is 18.7. The van der Waals surface area contributed by atoms with E-state index >= 15 is 0 Å². The number of amides is 3. The quantitative estimate of drug-likeness (QED) is 0.266. The Kier molecular flexibility index (Phi) is 9.08. The number of hydrogen-bond donors (Lipinski definition) is 1. The molecule has 3 aromatic rings. The molecule has 10 heteroatoms. The van der Waals surface area contributed by atoms with Crippen molar-refractivity contribution >= 4 is 56.5 Å². The first kappa shape index (κ1) is 28.4. The maximum Gasteiger partial charge on any atom is 0.294 e. The summed E-state index contributed by atoms with van der Waals surface area (Å²) in [5.74, 6) is -0.634. The molecule has 1 fully saturated rings. The Labute approximate surface area is 238 Å². The van der Waals surface area contributed by atoms with Crippen LogP contribution in [0.1, 0.15) is 29.2 Å². The molecule has 4 rings (SSSR count). The lowest BCUT2D eigenvalue weighted by atomic mass is 10.1. The van der Waals surface area contributed by atoms with Crippen molar-refractivity contribution in [2.45, 2.75) is 27.4 Å². The maximum atomic E-state index is 14.0. The van der Waals surface area contributed by atoms with E-state index in [0.717, 1.165) is 27.8 Å². The van der Waals surface area contributed by atoms with Gasteiger partial charge in [-0.25, -0.2) is 4.39 Å². The van der Waals surface area contributed by atoms with E-state index in [2.05, 4.69) is 21.2 Å². The zero-order valence-corrected chi connectivity index (χ0v) is 23.9. The molecule has 0 radical (unpaired) electrons.